The predicted octanol–water partition coefficient (Wildman–Crippen LogP) is 1.42. The maximum Gasteiger partial charge on any atom is 0.111 e. The molecule has 0 saturated heterocycles. The highest BCUT2D eigenvalue weighted by Crippen LogP contribution is 2.29. The van der Waals surface area contributed by atoms with Gasteiger partial charge >= 0.3 is 0 Å². The van der Waals surface area contributed by atoms with Gasteiger partial charge in [-0.1, -0.05) is 31.4 Å². The molecule has 1 fully saturated rings. The summed E-state index contributed by atoms with van der Waals surface area (Å²) in [5.41, 5.74) is -0.0488. The lowest BCUT2D eigenvalue weighted by Gasteiger charge is -2.31. The minimum atomic E-state index is -0.639. The van der Waals surface area contributed by atoms with Crippen LogP contribution in [-0.4, -0.2) is 30.8 Å². The fourth-order valence-corrected chi connectivity index (χ4v) is 2.42. The van der Waals surface area contributed by atoms with E-state index in [2.05, 4.69) is 10.3 Å². The Labute approximate surface area is 101 Å². The van der Waals surface area contributed by atoms with Gasteiger partial charge in [0.2, 0.25) is 0 Å². The molecule has 1 aromatic rings. The zero-order valence-electron chi connectivity index (χ0n) is 10.3. The first-order chi connectivity index (χ1) is 8.13. The second kappa shape index (κ2) is 5.14. The van der Waals surface area contributed by atoms with Crippen molar-refractivity contribution in [1.29, 1.82) is 0 Å². The highest BCUT2D eigenvalue weighted by molar-refractivity contribution is 4.97. The van der Waals surface area contributed by atoms with E-state index in [-0.39, 0.29) is 0 Å². The van der Waals surface area contributed by atoms with Gasteiger partial charge < -0.3 is 10.2 Å². The third kappa shape index (κ3) is 3.04. The van der Waals surface area contributed by atoms with Crippen molar-refractivity contribution in [2.75, 3.05) is 0 Å². The largest absolute Gasteiger partial charge is 0.388 e. The van der Waals surface area contributed by atoms with E-state index in [9.17, 15) is 10.2 Å². The van der Waals surface area contributed by atoms with Crippen LogP contribution >= 0.6 is 0 Å². The number of nitrogens with zero attached hydrogens (tertiary/aromatic N) is 3. The molecule has 0 radical (unpaired) electrons. The average Bonchev–Trinajstić information content (AvgIpc) is 2.76. The molecule has 5 nitrogen and oxygen atoms in total. The summed E-state index contributed by atoms with van der Waals surface area (Å²) in [6, 6.07) is 0. The molecule has 5 heteroatoms. The van der Waals surface area contributed by atoms with Crippen molar-refractivity contribution >= 4 is 0 Å². The molecule has 1 aliphatic carbocycles. The van der Waals surface area contributed by atoms with Crippen LogP contribution < -0.4 is 0 Å². The highest BCUT2D eigenvalue weighted by atomic mass is 16.3. The summed E-state index contributed by atoms with van der Waals surface area (Å²) >= 11 is 0. The monoisotopic (exact) mass is 239 g/mol. The standard InChI is InChI=1S/C12H21N3O2/c1-2-11(16)10-8-15(14-13-10)9-12(17)6-4-3-5-7-12/h8,11,16-17H,2-7,9H2,1H3. The van der Waals surface area contributed by atoms with Crippen LogP contribution in [0.3, 0.4) is 0 Å². The Kier molecular flexibility index (Phi) is 3.79. The van der Waals surface area contributed by atoms with Crippen molar-refractivity contribution in [3.8, 4) is 0 Å². The first kappa shape index (κ1) is 12.5. The topological polar surface area (TPSA) is 71.2 Å². The smallest absolute Gasteiger partial charge is 0.111 e. The lowest BCUT2D eigenvalue weighted by atomic mass is 9.85. The Morgan fingerprint density at radius 2 is 2.12 bits per heavy atom. The lowest BCUT2D eigenvalue weighted by Crippen LogP contribution is -2.36. The van der Waals surface area contributed by atoms with Crippen molar-refractivity contribution in [2.24, 2.45) is 0 Å². The van der Waals surface area contributed by atoms with E-state index in [0.717, 1.165) is 25.7 Å². The van der Waals surface area contributed by atoms with E-state index in [4.69, 9.17) is 0 Å². The van der Waals surface area contributed by atoms with Gasteiger partial charge in [-0.2, -0.15) is 0 Å². The molecule has 2 rings (SSSR count). The summed E-state index contributed by atoms with van der Waals surface area (Å²) in [4.78, 5) is 0. The Hall–Kier alpha value is -0.940. The molecule has 0 aromatic carbocycles. The molecule has 1 aromatic heterocycles. The van der Waals surface area contributed by atoms with Crippen LogP contribution in [0.1, 0.15) is 57.2 Å². The SMILES string of the molecule is CCC(O)c1cn(CC2(O)CCCCC2)nn1. The fraction of sp³-hybridized carbons (Fsp3) is 0.833. The van der Waals surface area contributed by atoms with Crippen LogP contribution in [0.4, 0.5) is 0 Å². The summed E-state index contributed by atoms with van der Waals surface area (Å²) in [5.74, 6) is 0. The van der Waals surface area contributed by atoms with E-state index in [1.54, 1.807) is 10.9 Å². The summed E-state index contributed by atoms with van der Waals surface area (Å²) in [5, 5.41) is 27.9. The molecule has 2 N–H and O–H groups in total. The van der Waals surface area contributed by atoms with Crippen LogP contribution in [-0.2, 0) is 6.54 Å². The van der Waals surface area contributed by atoms with Gasteiger partial charge in [0.25, 0.3) is 0 Å². The van der Waals surface area contributed by atoms with E-state index in [0.29, 0.717) is 18.7 Å². The number of hydrogen-bond donors (Lipinski definition) is 2. The van der Waals surface area contributed by atoms with Gasteiger partial charge in [0, 0.05) is 0 Å². The van der Waals surface area contributed by atoms with Gasteiger partial charge in [-0.25, -0.2) is 4.68 Å². The van der Waals surface area contributed by atoms with E-state index >= 15 is 0 Å². The van der Waals surface area contributed by atoms with Gasteiger partial charge in [-0.3, -0.25) is 0 Å². The number of aromatic nitrogens is 3. The lowest BCUT2D eigenvalue weighted by molar-refractivity contribution is -0.0147. The number of rotatable bonds is 4. The molecular formula is C12H21N3O2. The minimum Gasteiger partial charge on any atom is -0.388 e. The summed E-state index contributed by atoms with van der Waals surface area (Å²) in [6.07, 6.45) is 6.84. The van der Waals surface area contributed by atoms with Gasteiger partial charge in [0.05, 0.1) is 24.4 Å². The van der Waals surface area contributed by atoms with Crippen LogP contribution in [0.2, 0.25) is 0 Å². The van der Waals surface area contributed by atoms with E-state index in [1.807, 2.05) is 6.92 Å². The Bertz CT molecular complexity index is 358. The minimum absolute atomic E-state index is 0.483. The molecule has 0 aliphatic heterocycles. The predicted molar refractivity (Wildman–Crippen MR) is 63.3 cm³/mol. The van der Waals surface area contributed by atoms with Crippen LogP contribution in [0.25, 0.3) is 0 Å². The molecule has 1 aliphatic rings. The molecule has 1 saturated carbocycles. The second-order valence-corrected chi connectivity index (χ2v) is 5.05. The molecule has 0 amide bonds. The second-order valence-electron chi connectivity index (χ2n) is 5.05. The van der Waals surface area contributed by atoms with Crippen molar-refractivity contribution in [2.45, 2.75) is 63.7 Å². The fourth-order valence-electron chi connectivity index (χ4n) is 2.42. The van der Waals surface area contributed by atoms with E-state index < -0.39 is 11.7 Å². The molecule has 1 heterocycles. The van der Waals surface area contributed by atoms with Gasteiger partial charge in [0.1, 0.15) is 5.69 Å². The zero-order chi connectivity index (χ0) is 12.3. The molecule has 0 spiro atoms. The van der Waals surface area contributed by atoms with Gasteiger partial charge in [-0.15, -0.1) is 5.10 Å². The number of aliphatic hydroxyl groups excluding tert-OH is 1. The zero-order valence-corrected chi connectivity index (χ0v) is 10.3. The average molecular weight is 239 g/mol. The highest BCUT2D eigenvalue weighted by Gasteiger charge is 2.30. The molecule has 96 valence electrons. The van der Waals surface area contributed by atoms with E-state index in [1.165, 1.54) is 6.42 Å². The molecule has 1 unspecified atom stereocenters. The van der Waals surface area contributed by atoms with Crippen molar-refractivity contribution in [3.63, 3.8) is 0 Å². The first-order valence-electron chi connectivity index (χ1n) is 6.43. The Morgan fingerprint density at radius 3 is 2.76 bits per heavy atom. The maximum atomic E-state index is 10.4. The number of aliphatic hydroxyl groups is 2. The quantitative estimate of drug-likeness (QED) is 0.833. The van der Waals surface area contributed by atoms with Gasteiger partial charge in [-0.05, 0) is 19.3 Å². The third-order valence-electron chi connectivity index (χ3n) is 3.53. The molecule has 0 bridgehead atoms. The molecule has 1 atom stereocenters. The molecular weight excluding hydrogens is 218 g/mol. The van der Waals surface area contributed by atoms with Crippen molar-refractivity contribution in [3.05, 3.63) is 11.9 Å². The summed E-state index contributed by atoms with van der Waals surface area (Å²) in [7, 11) is 0. The summed E-state index contributed by atoms with van der Waals surface area (Å²) in [6.45, 7) is 2.38. The van der Waals surface area contributed by atoms with Crippen LogP contribution in [0, 0.1) is 0 Å². The summed E-state index contributed by atoms with van der Waals surface area (Å²) < 4.78 is 1.65. The third-order valence-corrected chi connectivity index (χ3v) is 3.53. The first-order valence-corrected chi connectivity index (χ1v) is 6.43. The normalized spacial score (nSPS) is 21.4. The maximum absolute atomic E-state index is 10.4. The molecule has 17 heavy (non-hydrogen) atoms. The van der Waals surface area contributed by atoms with Gasteiger partial charge in [0.15, 0.2) is 0 Å². The Balaban J connectivity index is 2.00. The Morgan fingerprint density at radius 1 is 1.41 bits per heavy atom. The van der Waals surface area contributed by atoms with Crippen LogP contribution in [0.5, 0.6) is 0 Å². The van der Waals surface area contributed by atoms with Crippen molar-refractivity contribution < 1.29 is 10.2 Å². The van der Waals surface area contributed by atoms with Crippen molar-refractivity contribution in [1.82, 2.24) is 15.0 Å². The van der Waals surface area contributed by atoms with Crippen LogP contribution in [0.15, 0.2) is 6.20 Å². The number of hydrogen-bond acceptors (Lipinski definition) is 4.